The third kappa shape index (κ3) is 3.88. The predicted molar refractivity (Wildman–Crippen MR) is 103 cm³/mol. The first-order valence-electron chi connectivity index (χ1n) is 8.20. The average molecular weight is 352 g/mol. The van der Waals surface area contributed by atoms with E-state index in [9.17, 15) is 9.59 Å². The van der Waals surface area contributed by atoms with Gasteiger partial charge in [0.2, 0.25) is 5.91 Å². The number of likely N-dealkylation sites (N-methyl/N-ethyl adjacent to an activating group) is 1. The molecule has 1 heterocycles. The van der Waals surface area contributed by atoms with Crippen LogP contribution in [-0.4, -0.2) is 30.3 Å². The number of rotatable bonds is 5. The second-order valence-corrected chi connectivity index (χ2v) is 6.95. The Balaban J connectivity index is 1.67. The SMILES string of the molecule is CCc1ccccc1NC(=O)CN(C)C(=O)c1cc2ccccc2s1. The Morgan fingerprint density at radius 3 is 2.56 bits per heavy atom. The van der Waals surface area contributed by atoms with Crippen molar-refractivity contribution in [2.75, 3.05) is 18.9 Å². The third-order valence-electron chi connectivity index (χ3n) is 4.04. The van der Waals surface area contributed by atoms with Crippen molar-refractivity contribution in [2.45, 2.75) is 13.3 Å². The molecule has 0 bridgehead atoms. The summed E-state index contributed by atoms with van der Waals surface area (Å²) in [5.41, 5.74) is 1.88. The summed E-state index contributed by atoms with van der Waals surface area (Å²) < 4.78 is 1.07. The topological polar surface area (TPSA) is 49.4 Å². The number of carbonyl (C=O) groups is 2. The van der Waals surface area contributed by atoms with Crippen molar-refractivity contribution in [1.29, 1.82) is 0 Å². The minimum Gasteiger partial charge on any atom is -0.332 e. The summed E-state index contributed by atoms with van der Waals surface area (Å²) in [6.45, 7) is 2.06. The zero-order valence-electron chi connectivity index (χ0n) is 14.3. The average Bonchev–Trinajstić information content (AvgIpc) is 3.05. The third-order valence-corrected chi connectivity index (χ3v) is 5.14. The van der Waals surface area contributed by atoms with Crippen LogP contribution in [0.1, 0.15) is 22.2 Å². The second-order valence-electron chi connectivity index (χ2n) is 5.87. The van der Waals surface area contributed by atoms with Crippen LogP contribution in [0.25, 0.3) is 10.1 Å². The number of hydrogen-bond donors (Lipinski definition) is 1. The van der Waals surface area contributed by atoms with Gasteiger partial charge in [-0.25, -0.2) is 0 Å². The number of para-hydroxylation sites is 1. The van der Waals surface area contributed by atoms with Gasteiger partial charge in [-0.15, -0.1) is 11.3 Å². The number of aryl methyl sites for hydroxylation is 1. The van der Waals surface area contributed by atoms with Gasteiger partial charge in [0.25, 0.3) is 5.91 Å². The van der Waals surface area contributed by atoms with Gasteiger partial charge < -0.3 is 10.2 Å². The van der Waals surface area contributed by atoms with E-state index in [4.69, 9.17) is 0 Å². The van der Waals surface area contributed by atoms with Crippen LogP contribution in [0.3, 0.4) is 0 Å². The molecule has 0 aliphatic heterocycles. The van der Waals surface area contributed by atoms with E-state index < -0.39 is 0 Å². The molecule has 0 fully saturated rings. The summed E-state index contributed by atoms with van der Waals surface area (Å²) in [4.78, 5) is 27.0. The van der Waals surface area contributed by atoms with E-state index in [1.165, 1.54) is 16.2 Å². The van der Waals surface area contributed by atoms with Crippen molar-refractivity contribution in [1.82, 2.24) is 4.90 Å². The molecule has 0 atom stereocenters. The van der Waals surface area contributed by atoms with Crippen molar-refractivity contribution in [3.05, 3.63) is 65.0 Å². The maximum absolute atomic E-state index is 12.6. The lowest BCUT2D eigenvalue weighted by Crippen LogP contribution is -2.34. The summed E-state index contributed by atoms with van der Waals surface area (Å²) >= 11 is 1.45. The maximum atomic E-state index is 12.6. The van der Waals surface area contributed by atoms with Crippen LogP contribution in [0.2, 0.25) is 0 Å². The van der Waals surface area contributed by atoms with Gasteiger partial charge in [-0.2, -0.15) is 0 Å². The number of nitrogens with zero attached hydrogens (tertiary/aromatic N) is 1. The number of carbonyl (C=O) groups excluding carboxylic acids is 2. The zero-order valence-corrected chi connectivity index (χ0v) is 15.1. The highest BCUT2D eigenvalue weighted by atomic mass is 32.1. The number of hydrogen-bond acceptors (Lipinski definition) is 3. The van der Waals surface area contributed by atoms with Gasteiger partial charge in [0.1, 0.15) is 0 Å². The Morgan fingerprint density at radius 2 is 1.80 bits per heavy atom. The minimum atomic E-state index is -0.196. The highest BCUT2D eigenvalue weighted by Crippen LogP contribution is 2.26. The monoisotopic (exact) mass is 352 g/mol. The van der Waals surface area contributed by atoms with Crippen LogP contribution < -0.4 is 5.32 Å². The summed E-state index contributed by atoms with van der Waals surface area (Å²) in [6.07, 6.45) is 0.840. The molecule has 5 heteroatoms. The molecule has 0 spiro atoms. The molecule has 2 aromatic carbocycles. The normalized spacial score (nSPS) is 10.6. The molecule has 4 nitrogen and oxygen atoms in total. The lowest BCUT2D eigenvalue weighted by molar-refractivity contribution is -0.116. The summed E-state index contributed by atoms with van der Waals surface area (Å²) in [7, 11) is 1.65. The second kappa shape index (κ2) is 7.49. The molecule has 0 saturated carbocycles. The van der Waals surface area contributed by atoms with Gasteiger partial charge in [-0.3, -0.25) is 9.59 Å². The Hall–Kier alpha value is -2.66. The standard InChI is InChI=1S/C20H20N2O2S/c1-3-14-8-4-6-10-16(14)21-19(23)13-22(2)20(24)18-12-15-9-5-7-11-17(15)25-18/h4-12H,3,13H2,1-2H3,(H,21,23). The summed E-state index contributed by atoms with van der Waals surface area (Å²) in [6, 6.07) is 17.5. The Morgan fingerprint density at radius 1 is 1.08 bits per heavy atom. The van der Waals surface area contributed by atoms with E-state index in [2.05, 4.69) is 5.32 Å². The molecule has 1 N–H and O–H groups in total. The molecule has 0 unspecified atom stereocenters. The molecule has 0 aliphatic rings. The summed E-state index contributed by atoms with van der Waals surface area (Å²) in [5.74, 6) is -0.335. The molecule has 0 aliphatic carbocycles. The molecular formula is C20H20N2O2S. The molecule has 3 aromatic rings. The quantitative estimate of drug-likeness (QED) is 0.749. The van der Waals surface area contributed by atoms with Crippen LogP contribution in [0.15, 0.2) is 54.6 Å². The lowest BCUT2D eigenvalue weighted by Gasteiger charge is -2.16. The largest absolute Gasteiger partial charge is 0.332 e. The Kier molecular flexibility index (Phi) is 5.14. The number of nitrogens with one attached hydrogen (secondary N) is 1. The van der Waals surface area contributed by atoms with Crippen LogP contribution >= 0.6 is 11.3 Å². The fraction of sp³-hybridized carbons (Fsp3) is 0.200. The molecule has 2 amide bonds. The smallest absolute Gasteiger partial charge is 0.264 e. The first kappa shape index (κ1) is 17.2. The number of thiophene rings is 1. The number of fused-ring (bicyclic) bond motifs is 1. The number of amides is 2. The molecule has 0 saturated heterocycles. The van der Waals surface area contributed by atoms with E-state index in [1.54, 1.807) is 7.05 Å². The molecule has 25 heavy (non-hydrogen) atoms. The fourth-order valence-corrected chi connectivity index (χ4v) is 3.76. The molecule has 3 rings (SSSR count). The highest BCUT2D eigenvalue weighted by molar-refractivity contribution is 7.20. The van der Waals surface area contributed by atoms with E-state index in [-0.39, 0.29) is 18.4 Å². The van der Waals surface area contributed by atoms with E-state index >= 15 is 0 Å². The van der Waals surface area contributed by atoms with Gasteiger partial charge in [-0.1, -0.05) is 43.3 Å². The van der Waals surface area contributed by atoms with E-state index in [0.29, 0.717) is 4.88 Å². The minimum absolute atomic E-state index is 0.0190. The predicted octanol–water partition coefficient (Wildman–Crippen LogP) is 4.17. The first-order chi connectivity index (χ1) is 12.1. The van der Waals surface area contributed by atoms with Crippen molar-refractivity contribution < 1.29 is 9.59 Å². The van der Waals surface area contributed by atoms with E-state index in [1.807, 2.05) is 61.5 Å². The van der Waals surface area contributed by atoms with Gasteiger partial charge in [-0.05, 0) is 35.6 Å². The molecule has 128 valence electrons. The van der Waals surface area contributed by atoms with Crippen LogP contribution in [0.4, 0.5) is 5.69 Å². The van der Waals surface area contributed by atoms with Crippen LogP contribution in [0.5, 0.6) is 0 Å². The Bertz CT molecular complexity index is 884. The van der Waals surface area contributed by atoms with Crippen molar-refractivity contribution in [3.8, 4) is 0 Å². The molecule has 0 radical (unpaired) electrons. The van der Waals surface area contributed by atoms with Gasteiger partial charge in [0.05, 0.1) is 11.4 Å². The Labute approximate surface area is 151 Å². The summed E-state index contributed by atoms with van der Waals surface area (Å²) in [5, 5.41) is 3.94. The maximum Gasteiger partial charge on any atom is 0.264 e. The van der Waals surface area contributed by atoms with E-state index in [0.717, 1.165) is 27.8 Å². The van der Waals surface area contributed by atoms with Crippen molar-refractivity contribution in [2.24, 2.45) is 0 Å². The van der Waals surface area contributed by atoms with Crippen molar-refractivity contribution in [3.63, 3.8) is 0 Å². The molecular weight excluding hydrogens is 332 g/mol. The lowest BCUT2D eigenvalue weighted by atomic mass is 10.1. The van der Waals surface area contributed by atoms with Crippen LogP contribution in [-0.2, 0) is 11.2 Å². The van der Waals surface area contributed by atoms with Gasteiger partial charge in [0.15, 0.2) is 0 Å². The first-order valence-corrected chi connectivity index (χ1v) is 9.02. The number of benzene rings is 2. The van der Waals surface area contributed by atoms with Gasteiger partial charge in [0, 0.05) is 17.4 Å². The highest BCUT2D eigenvalue weighted by Gasteiger charge is 2.17. The van der Waals surface area contributed by atoms with Crippen LogP contribution in [0, 0.1) is 0 Å². The molecule has 1 aromatic heterocycles. The fourth-order valence-electron chi connectivity index (χ4n) is 2.70. The number of anilines is 1. The van der Waals surface area contributed by atoms with Crippen molar-refractivity contribution >= 4 is 38.9 Å². The zero-order chi connectivity index (χ0) is 17.8. The van der Waals surface area contributed by atoms with Gasteiger partial charge >= 0.3 is 0 Å².